The average molecular weight is 270 g/mol. The highest BCUT2D eigenvalue weighted by Crippen LogP contribution is 2.24. The van der Waals surface area contributed by atoms with E-state index in [1.807, 2.05) is 36.4 Å². The van der Waals surface area contributed by atoms with E-state index in [1.165, 1.54) is 0 Å². The van der Waals surface area contributed by atoms with Crippen LogP contribution in [0.1, 0.15) is 11.3 Å². The lowest BCUT2D eigenvalue weighted by Crippen LogP contribution is -2.01. The first-order chi connectivity index (χ1) is 9.66. The summed E-state index contributed by atoms with van der Waals surface area (Å²) in [5.41, 5.74) is 1.64. The zero-order valence-electron chi connectivity index (χ0n) is 11.0. The molecule has 0 radical (unpaired) electrons. The van der Waals surface area contributed by atoms with Crippen molar-refractivity contribution >= 4 is 11.9 Å². The SMILES string of the molecule is Cc1ccc(OC/C=C/c2ccccc2)c([N+](=O)[O-])n1. The van der Waals surface area contributed by atoms with Crippen LogP contribution in [0.4, 0.5) is 5.82 Å². The first-order valence-corrected chi connectivity index (χ1v) is 6.13. The van der Waals surface area contributed by atoms with E-state index < -0.39 is 4.92 Å². The van der Waals surface area contributed by atoms with Gasteiger partial charge < -0.3 is 14.9 Å². The molecule has 0 fully saturated rings. The Labute approximate surface area is 116 Å². The number of hydrogen-bond donors (Lipinski definition) is 0. The molecule has 0 aliphatic rings. The molecule has 1 aromatic carbocycles. The molecule has 0 aliphatic heterocycles. The minimum atomic E-state index is -0.538. The lowest BCUT2D eigenvalue weighted by atomic mass is 10.2. The molecule has 1 heterocycles. The minimum Gasteiger partial charge on any atom is -0.481 e. The van der Waals surface area contributed by atoms with E-state index in [-0.39, 0.29) is 18.2 Å². The Hall–Kier alpha value is -2.69. The van der Waals surface area contributed by atoms with Crippen LogP contribution in [0.25, 0.3) is 6.08 Å². The van der Waals surface area contributed by atoms with Crippen molar-refractivity contribution < 1.29 is 9.66 Å². The highest BCUT2D eigenvalue weighted by molar-refractivity contribution is 5.49. The number of aryl methyl sites for hydroxylation is 1. The Kier molecular flexibility index (Phi) is 4.44. The molecule has 0 spiro atoms. The Morgan fingerprint density at radius 1 is 1.25 bits per heavy atom. The van der Waals surface area contributed by atoms with Gasteiger partial charge in [0.1, 0.15) is 12.3 Å². The van der Waals surface area contributed by atoms with Gasteiger partial charge in [-0.2, -0.15) is 0 Å². The Morgan fingerprint density at radius 3 is 2.70 bits per heavy atom. The molecule has 5 nitrogen and oxygen atoms in total. The molecule has 0 aliphatic carbocycles. The minimum absolute atomic E-state index is 0.179. The highest BCUT2D eigenvalue weighted by atomic mass is 16.6. The third-order valence-corrected chi connectivity index (χ3v) is 2.60. The van der Waals surface area contributed by atoms with Crippen LogP contribution in [0.3, 0.4) is 0 Å². The van der Waals surface area contributed by atoms with Crippen molar-refractivity contribution in [2.24, 2.45) is 0 Å². The molecule has 0 saturated carbocycles. The molecule has 0 bridgehead atoms. The third-order valence-electron chi connectivity index (χ3n) is 2.60. The Balaban J connectivity index is 2.01. The van der Waals surface area contributed by atoms with Gasteiger partial charge in [-0.1, -0.05) is 36.4 Å². The molecule has 0 saturated heterocycles. The van der Waals surface area contributed by atoms with Crippen LogP contribution < -0.4 is 4.74 Å². The molecule has 0 amide bonds. The summed E-state index contributed by atoms with van der Waals surface area (Å²) >= 11 is 0. The quantitative estimate of drug-likeness (QED) is 0.617. The summed E-state index contributed by atoms with van der Waals surface area (Å²) in [6, 6.07) is 13.0. The predicted octanol–water partition coefficient (Wildman–Crippen LogP) is 3.39. The summed E-state index contributed by atoms with van der Waals surface area (Å²) in [7, 11) is 0. The van der Waals surface area contributed by atoms with E-state index in [0.29, 0.717) is 5.69 Å². The molecular formula is C15H14N2O3. The van der Waals surface area contributed by atoms with Crippen molar-refractivity contribution in [1.82, 2.24) is 4.98 Å². The second kappa shape index (κ2) is 6.47. The fourth-order valence-electron chi connectivity index (χ4n) is 1.66. The fraction of sp³-hybridized carbons (Fsp3) is 0.133. The molecule has 102 valence electrons. The topological polar surface area (TPSA) is 65.3 Å². The van der Waals surface area contributed by atoms with E-state index in [1.54, 1.807) is 25.1 Å². The predicted molar refractivity (Wildman–Crippen MR) is 76.6 cm³/mol. The van der Waals surface area contributed by atoms with Gasteiger partial charge in [0, 0.05) is 6.92 Å². The maximum atomic E-state index is 10.9. The highest BCUT2D eigenvalue weighted by Gasteiger charge is 2.16. The number of aromatic nitrogens is 1. The zero-order valence-corrected chi connectivity index (χ0v) is 11.0. The van der Waals surface area contributed by atoms with Gasteiger partial charge in [0.05, 0.1) is 0 Å². The molecule has 20 heavy (non-hydrogen) atoms. The number of ether oxygens (including phenoxy) is 1. The summed E-state index contributed by atoms with van der Waals surface area (Å²) < 4.78 is 5.38. The lowest BCUT2D eigenvalue weighted by molar-refractivity contribution is -0.390. The van der Waals surface area contributed by atoms with Crippen molar-refractivity contribution in [3.05, 3.63) is 69.9 Å². The van der Waals surface area contributed by atoms with Crippen LogP contribution >= 0.6 is 0 Å². The van der Waals surface area contributed by atoms with Gasteiger partial charge in [-0.15, -0.1) is 0 Å². The number of nitro groups is 1. The monoisotopic (exact) mass is 270 g/mol. The Bertz CT molecular complexity index is 624. The summed E-state index contributed by atoms with van der Waals surface area (Å²) in [6.07, 6.45) is 3.70. The number of hydrogen-bond acceptors (Lipinski definition) is 4. The standard InChI is InChI=1S/C15H14N2O3/c1-12-9-10-14(15(16-12)17(18)19)20-11-5-8-13-6-3-2-4-7-13/h2-10H,11H2,1H3/b8-5+. The van der Waals surface area contributed by atoms with Crippen molar-refractivity contribution in [3.63, 3.8) is 0 Å². The molecule has 1 aromatic heterocycles. The van der Waals surface area contributed by atoms with E-state index in [0.717, 1.165) is 5.56 Å². The first-order valence-electron chi connectivity index (χ1n) is 6.13. The maximum Gasteiger partial charge on any atom is 0.406 e. The zero-order chi connectivity index (χ0) is 14.4. The van der Waals surface area contributed by atoms with E-state index in [2.05, 4.69) is 4.98 Å². The summed E-state index contributed by atoms with van der Waals surface area (Å²) in [5.74, 6) is -0.0728. The fourth-order valence-corrected chi connectivity index (χ4v) is 1.66. The van der Waals surface area contributed by atoms with Crippen LogP contribution in [-0.2, 0) is 0 Å². The lowest BCUT2D eigenvalue weighted by Gasteiger charge is -2.03. The van der Waals surface area contributed by atoms with Crippen molar-refractivity contribution in [3.8, 4) is 5.75 Å². The summed E-state index contributed by atoms with van der Waals surface area (Å²) in [6.45, 7) is 1.95. The number of benzene rings is 1. The molecular weight excluding hydrogens is 256 g/mol. The van der Waals surface area contributed by atoms with Gasteiger partial charge in [0.15, 0.2) is 0 Å². The Morgan fingerprint density at radius 2 is 2.00 bits per heavy atom. The van der Waals surface area contributed by atoms with E-state index in [4.69, 9.17) is 4.74 Å². The van der Waals surface area contributed by atoms with E-state index in [9.17, 15) is 10.1 Å². The van der Waals surface area contributed by atoms with E-state index >= 15 is 0 Å². The van der Waals surface area contributed by atoms with Gasteiger partial charge in [-0.25, -0.2) is 0 Å². The molecule has 2 rings (SSSR count). The van der Waals surface area contributed by atoms with Crippen molar-refractivity contribution in [2.45, 2.75) is 6.92 Å². The maximum absolute atomic E-state index is 10.9. The van der Waals surface area contributed by atoms with Crippen LogP contribution in [0.15, 0.2) is 48.5 Å². The molecule has 2 aromatic rings. The van der Waals surface area contributed by atoms with Crippen LogP contribution in [0.2, 0.25) is 0 Å². The molecule has 0 N–H and O–H groups in total. The second-order valence-electron chi connectivity index (χ2n) is 4.16. The van der Waals surface area contributed by atoms with Crippen LogP contribution in [-0.4, -0.2) is 16.5 Å². The third kappa shape index (κ3) is 3.65. The largest absolute Gasteiger partial charge is 0.481 e. The van der Waals surface area contributed by atoms with Crippen molar-refractivity contribution in [2.75, 3.05) is 6.61 Å². The molecule has 0 atom stereocenters. The number of nitrogens with zero attached hydrogens (tertiary/aromatic N) is 2. The first kappa shape index (κ1) is 13.7. The summed E-state index contributed by atoms with van der Waals surface area (Å²) in [5, 5.41) is 10.9. The van der Waals surface area contributed by atoms with Gasteiger partial charge in [-0.05, 0) is 33.7 Å². The van der Waals surface area contributed by atoms with Gasteiger partial charge in [0.2, 0.25) is 5.75 Å². The van der Waals surface area contributed by atoms with Crippen LogP contribution in [0, 0.1) is 17.0 Å². The molecule has 5 heteroatoms. The number of rotatable bonds is 5. The second-order valence-corrected chi connectivity index (χ2v) is 4.16. The normalized spacial score (nSPS) is 10.7. The average Bonchev–Trinajstić information content (AvgIpc) is 2.45. The molecule has 0 unspecified atom stereocenters. The van der Waals surface area contributed by atoms with Crippen LogP contribution in [0.5, 0.6) is 5.75 Å². The van der Waals surface area contributed by atoms with Gasteiger partial charge >= 0.3 is 5.82 Å². The van der Waals surface area contributed by atoms with Crippen molar-refractivity contribution in [1.29, 1.82) is 0 Å². The summed E-state index contributed by atoms with van der Waals surface area (Å²) in [4.78, 5) is 14.2. The number of pyridine rings is 1. The van der Waals surface area contributed by atoms with Gasteiger partial charge in [-0.3, -0.25) is 0 Å². The smallest absolute Gasteiger partial charge is 0.406 e. The van der Waals surface area contributed by atoms with Gasteiger partial charge in [0.25, 0.3) is 0 Å².